The molecule has 80 valence electrons. The number of fused-ring (bicyclic) bond motifs is 1. The van der Waals surface area contributed by atoms with Gasteiger partial charge in [-0.3, -0.25) is 5.43 Å². The summed E-state index contributed by atoms with van der Waals surface area (Å²) in [4.78, 5) is 5.46. The third kappa shape index (κ3) is 1.55. The molecule has 1 aliphatic rings. The van der Waals surface area contributed by atoms with Crippen molar-refractivity contribution in [2.45, 2.75) is 25.2 Å². The molecule has 5 nitrogen and oxygen atoms in total. The van der Waals surface area contributed by atoms with E-state index in [4.69, 9.17) is 16.7 Å². The van der Waals surface area contributed by atoms with E-state index in [2.05, 4.69) is 17.3 Å². The molecule has 0 bridgehead atoms. The third-order valence-electron chi connectivity index (χ3n) is 2.61. The normalized spacial score (nSPS) is 24.8. The lowest BCUT2D eigenvalue weighted by molar-refractivity contribution is 0.757. The van der Waals surface area contributed by atoms with Crippen molar-refractivity contribution in [2.24, 2.45) is 5.84 Å². The van der Waals surface area contributed by atoms with Crippen LogP contribution in [0, 0.1) is 10.8 Å². The van der Waals surface area contributed by atoms with Gasteiger partial charge < -0.3 is 10.8 Å². The molecule has 0 fully saturated rings. The lowest BCUT2D eigenvalue weighted by Gasteiger charge is -2.23. The maximum Gasteiger partial charge on any atom is 0.197 e. The molecule has 2 unspecified atom stereocenters. The molecular weight excluding hydrogens is 210 g/mol. The Hall–Kier alpha value is -1.27. The van der Waals surface area contributed by atoms with Crippen LogP contribution in [0.4, 0.5) is 5.13 Å². The van der Waals surface area contributed by atoms with Gasteiger partial charge in [-0.25, -0.2) is 10.8 Å². The van der Waals surface area contributed by atoms with Crippen LogP contribution >= 0.6 is 11.3 Å². The number of hydrogen-bond acceptors (Lipinski definition) is 6. The van der Waals surface area contributed by atoms with Gasteiger partial charge in [0.2, 0.25) is 0 Å². The Kier molecular flexibility index (Phi) is 2.54. The standard InChI is InChI=1S/C9H13N5S/c1-4-2-6(11)5(3-10)7-8(4)15-9(13-7)14-12/h3-5,10-11H,2,12H2,1H3,(H,13,14). The quantitative estimate of drug-likeness (QED) is 0.349. The van der Waals surface area contributed by atoms with Crippen LogP contribution in [0.1, 0.15) is 35.8 Å². The molecule has 15 heavy (non-hydrogen) atoms. The summed E-state index contributed by atoms with van der Waals surface area (Å²) in [6.07, 6.45) is 1.99. The van der Waals surface area contributed by atoms with Gasteiger partial charge in [0.15, 0.2) is 5.13 Å². The fraction of sp³-hybridized carbons (Fsp3) is 0.444. The summed E-state index contributed by atoms with van der Waals surface area (Å²) >= 11 is 1.52. The molecule has 0 aliphatic heterocycles. The number of aromatic nitrogens is 1. The smallest absolute Gasteiger partial charge is 0.197 e. The van der Waals surface area contributed by atoms with Crippen molar-refractivity contribution in [1.29, 1.82) is 10.8 Å². The predicted molar refractivity (Wildman–Crippen MR) is 62.2 cm³/mol. The van der Waals surface area contributed by atoms with Gasteiger partial charge in [-0.15, -0.1) is 11.3 Å². The highest BCUT2D eigenvalue weighted by Crippen LogP contribution is 2.40. The number of nitrogen functional groups attached to an aromatic ring is 1. The molecule has 0 spiro atoms. The highest BCUT2D eigenvalue weighted by atomic mass is 32.1. The first-order valence-electron chi connectivity index (χ1n) is 4.72. The second-order valence-corrected chi connectivity index (χ2v) is 4.72. The van der Waals surface area contributed by atoms with E-state index in [1.54, 1.807) is 0 Å². The van der Waals surface area contributed by atoms with Crippen molar-refractivity contribution in [2.75, 3.05) is 5.43 Å². The number of nitrogens with two attached hydrogens (primary N) is 1. The average Bonchev–Trinajstić information content (AvgIpc) is 2.62. The molecule has 2 atom stereocenters. The van der Waals surface area contributed by atoms with Crippen LogP contribution in [0.3, 0.4) is 0 Å². The molecule has 0 amide bonds. The maximum atomic E-state index is 7.84. The summed E-state index contributed by atoms with van der Waals surface area (Å²) in [5.41, 5.74) is 3.92. The minimum atomic E-state index is -0.255. The van der Waals surface area contributed by atoms with Gasteiger partial charge in [0.25, 0.3) is 0 Å². The molecule has 0 saturated carbocycles. The summed E-state index contributed by atoms with van der Waals surface area (Å²) in [5, 5.41) is 15.8. The van der Waals surface area contributed by atoms with E-state index in [9.17, 15) is 0 Å². The lowest BCUT2D eigenvalue weighted by Crippen LogP contribution is -2.22. The van der Waals surface area contributed by atoms with Gasteiger partial charge in [-0.2, -0.15) is 0 Å². The van der Waals surface area contributed by atoms with Crippen LogP contribution in [0.25, 0.3) is 0 Å². The molecule has 2 rings (SSSR count). The zero-order chi connectivity index (χ0) is 11.0. The number of hydrazine groups is 1. The van der Waals surface area contributed by atoms with Crippen LogP contribution in [0.2, 0.25) is 0 Å². The molecule has 1 aromatic heterocycles. The molecule has 0 aromatic carbocycles. The molecule has 1 heterocycles. The highest BCUT2D eigenvalue weighted by Gasteiger charge is 2.31. The Morgan fingerprint density at radius 2 is 2.40 bits per heavy atom. The van der Waals surface area contributed by atoms with Gasteiger partial charge in [0, 0.05) is 16.8 Å². The summed E-state index contributed by atoms with van der Waals surface area (Å²) in [5.74, 6) is 5.37. The number of nitrogens with one attached hydrogen (secondary N) is 3. The Labute approximate surface area is 91.7 Å². The van der Waals surface area contributed by atoms with Crippen LogP contribution in [0.15, 0.2) is 0 Å². The summed E-state index contributed by atoms with van der Waals surface area (Å²) in [7, 11) is 0. The first-order valence-corrected chi connectivity index (χ1v) is 5.54. The predicted octanol–water partition coefficient (Wildman–Crippen LogP) is 1.69. The van der Waals surface area contributed by atoms with Gasteiger partial charge in [0.05, 0.1) is 11.6 Å². The van der Waals surface area contributed by atoms with Crippen LogP contribution in [0.5, 0.6) is 0 Å². The number of nitrogens with zero attached hydrogens (tertiary/aromatic N) is 1. The largest absolute Gasteiger partial charge is 0.312 e. The van der Waals surface area contributed by atoms with Crippen LogP contribution in [-0.2, 0) is 0 Å². The van der Waals surface area contributed by atoms with Crippen molar-refractivity contribution in [3.8, 4) is 0 Å². The molecule has 1 aromatic rings. The fourth-order valence-electron chi connectivity index (χ4n) is 1.88. The van der Waals surface area contributed by atoms with E-state index >= 15 is 0 Å². The van der Waals surface area contributed by atoms with Crippen molar-refractivity contribution < 1.29 is 0 Å². The van der Waals surface area contributed by atoms with Gasteiger partial charge in [-0.05, 0) is 12.3 Å². The molecule has 0 radical (unpaired) electrons. The molecule has 0 saturated heterocycles. The molecular formula is C9H13N5S. The third-order valence-corrected chi connectivity index (χ3v) is 3.85. The van der Waals surface area contributed by atoms with Crippen molar-refractivity contribution in [1.82, 2.24) is 4.98 Å². The Bertz CT molecular complexity index is 411. The van der Waals surface area contributed by atoms with E-state index in [0.717, 1.165) is 10.6 Å². The number of anilines is 1. The highest BCUT2D eigenvalue weighted by molar-refractivity contribution is 7.15. The van der Waals surface area contributed by atoms with E-state index in [1.165, 1.54) is 17.6 Å². The van der Waals surface area contributed by atoms with E-state index < -0.39 is 0 Å². The Morgan fingerprint density at radius 1 is 1.67 bits per heavy atom. The average molecular weight is 223 g/mol. The fourth-order valence-corrected chi connectivity index (χ4v) is 2.85. The monoisotopic (exact) mass is 223 g/mol. The minimum absolute atomic E-state index is 0.255. The number of rotatable bonds is 2. The maximum absolute atomic E-state index is 7.84. The lowest BCUT2D eigenvalue weighted by atomic mass is 9.84. The number of thiazole rings is 1. The second-order valence-electron chi connectivity index (χ2n) is 3.69. The first kappa shape index (κ1) is 10.3. The van der Waals surface area contributed by atoms with Crippen LogP contribution in [-0.4, -0.2) is 16.9 Å². The second kappa shape index (κ2) is 3.71. The van der Waals surface area contributed by atoms with E-state index in [1.807, 2.05) is 0 Å². The molecule has 1 aliphatic carbocycles. The molecule has 5 N–H and O–H groups in total. The topological polar surface area (TPSA) is 98.6 Å². The minimum Gasteiger partial charge on any atom is -0.312 e. The van der Waals surface area contributed by atoms with Gasteiger partial charge in [-0.1, -0.05) is 6.92 Å². The van der Waals surface area contributed by atoms with Crippen molar-refractivity contribution in [3.05, 3.63) is 10.6 Å². The van der Waals surface area contributed by atoms with Crippen LogP contribution < -0.4 is 11.3 Å². The molecule has 6 heteroatoms. The van der Waals surface area contributed by atoms with Gasteiger partial charge >= 0.3 is 0 Å². The zero-order valence-corrected chi connectivity index (χ0v) is 9.19. The van der Waals surface area contributed by atoms with Crippen molar-refractivity contribution >= 4 is 28.4 Å². The Morgan fingerprint density at radius 3 is 3.00 bits per heavy atom. The van der Waals surface area contributed by atoms with Crippen molar-refractivity contribution in [3.63, 3.8) is 0 Å². The number of hydrogen-bond donors (Lipinski definition) is 4. The van der Waals surface area contributed by atoms with E-state index in [0.29, 0.717) is 23.2 Å². The SMILES string of the molecule is CC1CC(=N)C(C=N)c2nc(NN)sc21. The first-order chi connectivity index (χ1) is 7.17. The summed E-state index contributed by atoms with van der Waals surface area (Å²) in [6.45, 7) is 2.08. The zero-order valence-electron chi connectivity index (χ0n) is 8.37. The van der Waals surface area contributed by atoms with Gasteiger partial charge in [0.1, 0.15) is 0 Å². The summed E-state index contributed by atoms with van der Waals surface area (Å²) in [6, 6.07) is 0. The van der Waals surface area contributed by atoms with E-state index in [-0.39, 0.29) is 5.92 Å². The summed E-state index contributed by atoms with van der Waals surface area (Å²) < 4.78 is 0. The Balaban J connectivity index is 2.51.